The van der Waals surface area contributed by atoms with Crippen molar-refractivity contribution in [1.29, 1.82) is 0 Å². The van der Waals surface area contributed by atoms with Crippen LogP contribution in [0.3, 0.4) is 0 Å². The van der Waals surface area contributed by atoms with E-state index in [-0.39, 0.29) is 18.0 Å². The molecule has 7 heteroatoms. The third-order valence-electron chi connectivity index (χ3n) is 5.69. The number of aromatic nitrogens is 2. The van der Waals surface area contributed by atoms with Crippen molar-refractivity contribution in [3.63, 3.8) is 0 Å². The molecule has 0 radical (unpaired) electrons. The molecular formula is C27H30N2O5. The molecule has 0 aliphatic carbocycles. The number of carbonyl (C=O) groups is 3. The Bertz CT molecular complexity index is 1150. The molecule has 1 heterocycles. The van der Waals surface area contributed by atoms with Crippen LogP contribution in [-0.4, -0.2) is 40.3 Å². The quantitative estimate of drug-likeness (QED) is 0.263. The van der Waals surface area contributed by atoms with Crippen LogP contribution < -0.4 is 4.74 Å². The van der Waals surface area contributed by atoms with Crippen molar-refractivity contribution in [3.05, 3.63) is 78.4 Å². The van der Waals surface area contributed by atoms with Gasteiger partial charge in [-0.25, -0.2) is 4.98 Å². The van der Waals surface area contributed by atoms with Crippen molar-refractivity contribution >= 4 is 18.0 Å². The predicted molar refractivity (Wildman–Crippen MR) is 128 cm³/mol. The van der Waals surface area contributed by atoms with Gasteiger partial charge in [-0.15, -0.1) is 0 Å². The summed E-state index contributed by atoms with van der Waals surface area (Å²) < 4.78 is 12.5. The first kappa shape index (κ1) is 24.9. The van der Waals surface area contributed by atoms with Crippen molar-refractivity contribution < 1.29 is 23.9 Å². The molecule has 0 spiro atoms. The van der Waals surface area contributed by atoms with E-state index in [0.717, 1.165) is 5.69 Å². The van der Waals surface area contributed by atoms with Gasteiger partial charge in [0.05, 0.1) is 18.4 Å². The number of carbonyl (C=O) groups excluding carboxylic acids is 3. The van der Waals surface area contributed by atoms with Gasteiger partial charge < -0.3 is 14.3 Å². The molecule has 3 aromatic rings. The van der Waals surface area contributed by atoms with Crippen LogP contribution >= 0.6 is 0 Å². The molecule has 0 fully saturated rings. The Labute approximate surface area is 199 Å². The lowest BCUT2D eigenvalue weighted by molar-refractivity contribution is -0.163. The summed E-state index contributed by atoms with van der Waals surface area (Å²) in [6.45, 7) is 6.89. The molecule has 3 rings (SSSR count). The Morgan fingerprint density at radius 2 is 1.68 bits per heavy atom. The smallest absolute Gasteiger partial charge is 0.311 e. The van der Waals surface area contributed by atoms with Crippen LogP contribution in [-0.2, 0) is 19.7 Å². The monoisotopic (exact) mass is 462 g/mol. The van der Waals surface area contributed by atoms with Crippen LogP contribution in [0.2, 0.25) is 0 Å². The minimum Gasteiger partial charge on any atom is -0.497 e. The lowest BCUT2D eigenvalue weighted by atomic mass is 9.70. The molecular weight excluding hydrogens is 432 g/mol. The summed E-state index contributed by atoms with van der Waals surface area (Å²) in [5.74, 6) is -1.25. The number of benzene rings is 2. The third-order valence-corrected chi connectivity index (χ3v) is 5.69. The zero-order valence-corrected chi connectivity index (χ0v) is 20.1. The van der Waals surface area contributed by atoms with Crippen molar-refractivity contribution in [2.45, 2.75) is 45.1 Å². The number of ketones is 1. The number of Topliss-reactive ketones (excluding diaryl/α,β-unsaturated/α-hetero) is 1. The minimum atomic E-state index is -1.31. The first-order valence-corrected chi connectivity index (χ1v) is 11.0. The van der Waals surface area contributed by atoms with Crippen molar-refractivity contribution in [2.24, 2.45) is 5.92 Å². The summed E-state index contributed by atoms with van der Waals surface area (Å²) in [5, 5.41) is 0. The fourth-order valence-corrected chi connectivity index (χ4v) is 3.80. The Hall–Kier alpha value is -3.74. The minimum absolute atomic E-state index is 0.183. The largest absolute Gasteiger partial charge is 0.497 e. The maximum Gasteiger partial charge on any atom is 0.311 e. The van der Waals surface area contributed by atoms with E-state index in [4.69, 9.17) is 9.47 Å². The Kier molecular flexibility index (Phi) is 7.35. The molecule has 0 amide bonds. The highest BCUT2D eigenvalue weighted by atomic mass is 16.6. The highest BCUT2D eigenvalue weighted by molar-refractivity contribution is 5.97. The van der Waals surface area contributed by atoms with E-state index in [1.165, 1.54) is 6.20 Å². The number of esters is 1. The molecule has 2 aromatic carbocycles. The second-order valence-corrected chi connectivity index (χ2v) is 9.30. The Morgan fingerprint density at radius 3 is 2.24 bits per heavy atom. The maximum atomic E-state index is 13.4. The summed E-state index contributed by atoms with van der Waals surface area (Å²) >= 11 is 0. The van der Waals surface area contributed by atoms with E-state index in [1.807, 2.05) is 30.3 Å². The molecule has 1 aromatic heterocycles. The lowest BCUT2D eigenvalue weighted by Gasteiger charge is -2.33. The lowest BCUT2D eigenvalue weighted by Crippen LogP contribution is -2.43. The van der Waals surface area contributed by atoms with Crippen LogP contribution in [0.25, 0.3) is 5.69 Å². The standard InChI is InChI=1S/C27H30N2O5/c1-26(2,3)34-25(32)22(27(4,18-30)19-11-13-21(33-5)14-12-19)17-23(31)24-28-15-16-29(24)20-9-7-6-8-10-20/h6-16,18,22H,17H2,1-5H3/t22-,27+/m0/s1. The average molecular weight is 463 g/mol. The second-order valence-electron chi connectivity index (χ2n) is 9.30. The molecule has 0 N–H and O–H groups in total. The zero-order chi connectivity index (χ0) is 24.9. The number of hydrogen-bond acceptors (Lipinski definition) is 6. The number of para-hydroxylation sites is 1. The van der Waals surface area contributed by atoms with Crippen molar-refractivity contribution in [2.75, 3.05) is 7.11 Å². The number of imidazole rings is 1. The van der Waals surface area contributed by atoms with Gasteiger partial charge in [-0.3, -0.25) is 14.2 Å². The van der Waals surface area contributed by atoms with Crippen LogP contribution in [0, 0.1) is 5.92 Å². The van der Waals surface area contributed by atoms with E-state index in [1.54, 1.807) is 69.8 Å². The van der Waals surface area contributed by atoms with E-state index >= 15 is 0 Å². The topological polar surface area (TPSA) is 87.5 Å². The number of methoxy groups -OCH3 is 1. The predicted octanol–water partition coefficient (Wildman–Crippen LogP) is 4.57. The SMILES string of the molecule is COc1ccc([C@@](C)(C=O)[C@@H](CC(=O)c2nccn2-c2ccccc2)C(=O)OC(C)(C)C)cc1. The molecule has 0 saturated heterocycles. The van der Waals surface area contributed by atoms with Crippen LogP contribution in [0.15, 0.2) is 67.0 Å². The second kappa shape index (κ2) is 10.0. The van der Waals surface area contributed by atoms with E-state index in [9.17, 15) is 14.4 Å². The molecule has 0 saturated carbocycles. The number of nitrogens with zero attached hydrogens (tertiary/aromatic N) is 2. The normalized spacial score (nSPS) is 14.0. The molecule has 178 valence electrons. The summed E-state index contributed by atoms with van der Waals surface area (Å²) in [6, 6.07) is 16.2. The Balaban J connectivity index is 2.01. The van der Waals surface area contributed by atoms with Gasteiger partial charge in [0.1, 0.15) is 17.6 Å². The molecule has 0 aliphatic rings. The van der Waals surface area contributed by atoms with Crippen LogP contribution in [0.1, 0.15) is 50.3 Å². The van der Waals surface area contributed by atoms with Gasteiger partial charge in [0.15, 0.2) is 11.6 Å². The summed E-state index contributed by atoms with van der Waals surface area (Å²) in [6.07, 6.45) is 3.68. The van der Waals surface area contributed by atoms with Crippen LogP contribution in [0.4, 0.5) is 0 Å². The average Bonchev–Trinajstić information content (AvgIpc) is 3.31. The number of aldehydes is 1. The molecule has 0 bridgehead atoms. The van der Waals surface area contributed by atoms with E-state index in [2.05, 4.69) is 4.98 Å². The number of hydrogen-bond donors (Lipinski definition) is 0. The summed E-state index contributed by atoms with van der Waals surface area (Å²) in [5.41, 5.74) is -0.747. The third kappa shape index (κ3) is 5.42. The maximum absolute atomic E-state index is 13.4. The van der Waals surface area contributed by atoms with Crippen LogP contribution in [0.5, 0.6) is 5.75 Å². The van der Waals surface area contributed by atoms with Gasteiger partial charge >= 0.3 is 5.97 Å². The van der Waals surface area contributed by atoms with Gasteiger partial charge in [0, 0.05) is 24.5 Å². The molecule has 0 aliphatic heterocycles. The first-order chi connectivity index (χ1) is 16.1. The number of rotatable bonds is 9. The summed E-state index contributed by atoms with van der Waals surface area (Å²) in [4.78, 5) is 43.5. The van der Waals surface area contributed by atoms with Gasteiger partial charge in [0.25, 0.3) is 0 Å². The molecule has 2 atom stereocenters. The fourth-order valence-electron chi connectivity index (χ4n) is 3.80. The first-order valence-electron chi connectivity index (χ1n) is 11.0. The van der Waals surface area contributed by atoms with Crippen molar-refractivity contribution in [3.8, 4) is 11.4 Å². The van der Waals surface area contributed by atoms with E-state index < -0.39 is 22.9 Å². The highest BCUT2D eigenvalue weighted by Crippen LogP contribution is 2.36. The fraction of sp³-hybridized carbons (Fsp3) is 0.333. The number of ether oxygens (including phenoxy) is 2. The molecule has 0 unspecified atom stereocenters. The Morgan fingerprint density at radius 1 is 1.03 bits per heavy atom. The van der Waals surface area contributed by atoms with Gasteiger partial charge in [-0.05, 0) is 57.5 Å². The molecule has 34 heavy (non-hydrogen) atoms. The zero-order valence-electron chi connectivity index (χ0n) is 20.1. The van der Waals surface area contributed by atoms with Gasteiger partial charge in [0.2, 0.25) is 0 Å². The van der Waals surface area contributed by atoms with E-state index in [0.29, 0.717) is 17.6 Å². The van der Waals surface area contributed by atoms with Gasteiger partial charge in [-0.2, -0.15) is 0 Å². The molecule has 7 nitrogen and oxygen atoms in total. The van der Waals surface area contributed by atoms with Crippen molar-refractivity contribution in [1.82, 2.24) is 9.55 Å². The van der Waals surface area contributed by atoms with Gasteiger partial charge in [-0.1, -0.05) is 30.3 Å². The highest BCUT2D eigenvalue weighted by Gasteiger charge is 2.44. The summed E-state index contributed by atoms with van der Waals surface area (Å²) in [7, 11) is 1.55.